The number of aromatic amines is 1. The van der Waals surface area contributed by atoms with E-state index in [-0.39, 0.29) is 11.9 Å². The third-order valence-corrected chi connectivity index (χ3v) is 3.71. The number of nitrogens with zero attached hydrogens (tertiary/aromatic N) is 1. The Labute approximate surface area is 121 Å². The molecule has 0 saturated carbocycles. The van der Waals surface area contributed by atoms with Crippen molar-refractivity contribution in [1.29, 1.82) is 0 Å². The van der Waals surface area contributed by atoms with Crippen LogP contribution in [0.4, 0.5) is 0 Å². The van der Waals surface area contributed by atoms with E-state index in [1.807, 2.05) is 35.4 Å². The number of fused-ring (bicyclic) bond motifs is 1. The number of hydrogen-bond acceptors (Lipinski definition) is 1. The van der Waals surface area contributed by atoms with E-state index in [2.05, 4.69) is 25.8 Å². The van der Waals surface area contributed by atoms with Crippen LogP contribution in [0.25, 0.3) is 10.9 Å². The zero-order valence-electron chi connectivity index (χ0n) is 12.6. The lowest BCUT2D eigenvalue weighted by atomic mass is 10.1. The van der Waals surface area contributed by atoms with Crippen molar-refractivity contribution in [3.63, 3.8) is 0 Å². The van der Waals surface area contributed by atoms with Crippen LogP contribution in [0.3, 0.4) is 0 Å². The maximum Gasteiger partial charge on any atom is 0.254 e. The Balaban J connectivity index is 2.24. The zero-order chi connectivity index (χ0) is 14.5. The molecule has 20 heavy (non-hydrogen) atoms. The molecule has 0 aliphatic rings. The van der Waals surface area contributed by atoms with E-state index in [4.69, 9.17) is 0 Å². The SMILES string of the molecule is CCCCCN(C(=O)c1cccc2[nH]ccc12)C(C)C. The van der Waals surface area contributed by atoms with Crippen LogP contribution in [-0.4, -0.2) is 28.4 Å². The van der Waals surface area contributed by atoms with Gasteiger partial charge < -0.3 is 9.88 Å². The molecule has 0 fully saturated rings. The van der Waals surface area contributed by atoms with Crippen molar-refractivity contribution in [3.05, 3.63) is 36.0 Å². The summed E-state index contributed by atoms with van der Waals surface area (Å²) in [5.74, 6) is 0.140. The lowest BCUT2D eigenvalue weighted by Gasteiger charge is -2.27. The van der Waals surface area contributed by atoms with Gasteiger partial charge in [-0.1, -0.05) is 25.8 Å². The van der Waals surface area contributed by atoms with Crippen LogP contribution in [0.1, 0.15) is 50.4 Å². The minimum absolute atomic E-state index is 0.140. The van der Waals surface area contributed by atoms with Gasteiger partial charge in [0.25, 0.3) is 5.91 Å². The van der Waals surface area contributed by atoms with E-state index in [0.29, 0.717) is 0 Å². The molecule has 0 bridgehead atoms. The quantitative estimate of drug-likeness (QED) is 0.786. The van der Waals surface area contributed by atoms with E-state index in [1.54, 1.807) is 0 Å². The Kier molecular flexibility index (Phi) is 4.83. The van der Waals surface area contributed by atoms with E-state index < -0.39 is 0 Å². The Morgan fingerprint density at radius 3 is 2.75 bits per heavy atom. The van der Waals surface area contributed by atoms with Gasteiger partial charge in [0.15, 0.2) is 0 Å². The van der Waals surface area contributed by atoms with Gasteiger partial charge in [0.05, 0.1) is 0 Å². The first kappa shape index (κ1) is 14.6. The lowest BCUT2D eigenvalue weighted by molar-refractivity contribution is 0.0704. The maximum absolute atomic E-state index is 12.8. The molecule has 0 radical (unpaired) electrons. The van der Waals surface area contributed by atoms with Crippen molar-refractivity contribution in [1.82, 2.24) is 9.88 Å². The normalized spacial score (nSPS) is 11.2. The molecule has 1 amide bonds. The first-order chi connectivity index (χ1) is 9.65. The number of H-pyrrole nitrogens is 1. The van der Waals surface area contributed by atoms with Crippen molar-refractivity contribution >= 4 is 16.8 Å². The lowest BCUT2D eigenvalue weighted by Crippen LogP contribution is -2.37. The summed E-state index contributed by atoms with van der Waals surface area (Å²) in [6.07, 6.45) is 5.31. The minimum Gasteiger partial charge on any atom is -0.361 e. The first-order valence-corrected chi connectivity index (χ1v) is 7.52. The highest BCUT2D eigenvalue weighted by molar-refractivity contribution is 6.06. The Hall–Kier alpha value is -1.77. The molecule has 0 saturated heterocycles. The standard InChI is InChI=1S/C17H24N2O/c1-4-5-6-12-19(13(2)3)17(20)15-8-7-9-16-14(15)10-11-18-16/h7-11,13,18H,4-6,12H2,1-3H3. The van der Waals surface area contributed by atoms with E-state index in [0.717, 1.165) is 29.4 Å². The van der Waals surface area contributed by atoms with Crippen LogP contribution < -0.4 is 0 Å². The number of carbonyl (C=O) groups excluding carboxylic acids is 1. The fourth-order valence-electron chi connectivity index (χ4n) is 2.55. The number of aromatic nitrogens is 1. The molecule has 2 aromatic rings. The molecule has 0 aliphatic heterocycles. The molecule has 1 heterocycles. The van der Waals surface area contributed by atoms with E-state index in [1.165, 1.54) is 12.8 Å². The van der Waals surface area contributed by atoms with Gasteiger partial charge >= 0.3 is 0 Å². The summed E-state index contributed by atoms with van der Waals surface area (Å²) in [5.41, 5.74) is 1.82. The van der Waals surface area contributed by atoms with Gasteiger partial charge in [-0.15, -0.1) is 0 Å². The topological polar surface area (TPSA) is 36.1 Å². The number of carbonyl (C=O) groups is 1. The molecule has 0 atom stereocenters. The second-order valence-corrected chi connectivity index (χ2v) is 5.54. The van der Waals surface area contributed by atoms with E-state index >= 15 is 0 Å². The molecule has 0 unspecified atom stereocenters. The molecule has 1 aromatic carbocycles. The molecule has 2 rings (SSSR count). The molecular weight excluding hydrogens is 248 g/mol. The molecule has 3 heteroatoms. The second kappa shape index (κ2) is 6.60. The third kappa shape index (κ3) is 3.03. The maximum atomic E-state index is 12.8. The van der Waals surface area contributed by atoms with Gasteiger partial charge in [0.2, 0.25) is 0 Å². The molecule has 3 nitrogen and oxygen atoms in total. The van der Waals surface area contributed by atoms with Gasteiger partial charge in [-0.25, -0.2) is 0 Å². The molecule has 0 spiro atoms. The smallest absolute Gasteiger partial charge is 0.254 e. The summed E-state index contributed by atoms with van der Waals surface area (Å²) >= 11 is 0. The van der Waals surface area contributed by atoms with Crippen molar-refractivity contribution in [2.24, 2.45) is 0 Å². The molecule has 1 aromatic heterocycles. The van der Waals surface area contributed by atoms with E-state index in [9.17, 15) is 4.79 Å². The number of nitrogens with one attached hydrogen (secondary N) is 1. The molecular formula is C17H24N2O. The predicted octanol–water partition coefficient (Wildman–Crippen LogP) is 4.21. The summed E-state index contributed by atoms with van der Waals surface area (Å²) in [7, 11) is 0. The Morgan fingerprint density at radius 2 is 2.05 bits per heavy atom. The van der Waals surface area contributed by atoms with Gasteiger partial charge in [0.1, 0.15) is 0 Å². The van der Waals surface area contributed by atoms with Crippen molar-refractivity contribution < 1.29 is 4.79 Å². The van der Waals surface area contributed by atoms with Crippen LogP contribution in [0.15, 0.2) is 30.5 Å². The van der Waals surface area contributed by atoms with Crippen molar-refractivity contribution in [2.75, 3.05) is 6.54 Å². The summed E-state index contributed by atoms with van der Waals surface area (Å²) in [4.78, 5) is 18.0. The summed E-state index contributed by atoms with van der Waals surface area (Å²) in [5, 5.41) is 1.01. The number of hydrogen-bond donors (Lipinski definition) is 1. The largest absolute Gasteiger partial charge is 0.361 e. The average Bonchev–Trinajstić information content (AvgIpc) is 2.90. The van der Waals surface area contributed by atoms with Gasteiger partial charge in [-0.05, 0) is 38.5 Å². The average molecular weight is 272 g/mol. The summed E-state index contributed by atoms with van der Waals surface area (Å²) < 4.78 is 0. The Morgan fingerprint density at radius 1 is 1.25 bits per heavy atom. The van der Waals surface area contributed by atoms with Crippen LogP contribution in [-0.2, 0) is 0 Å². The highest BCUT2D eigenvalue weighted by Crippen LogP contribution is 2.20. The van der Waals surface area contributed by atoms with Gasteiger partial charge in [0, 0.05) is 35.2 Å². The predicted molar refractivity (Wildman–Crippen MR) is 84.0 cm³/mol. The van der Waals surface area contributed by atoms with Crippen LogP contribution in [0, 0.1) is 0 Å². The Bertz CT molecular complexity index is 571. The van der Waals surface area contributed by atoms with Gasteiger partial charge in [-0.2, -0.15) is 0 Å². The number of amides is 1. The third-order valence-electron chi connectivity index (χ3n) is 3.71. The van der Waals surface area contributed by atoms with Crippen LogP contribution in [0.2, 0.25) is 0 Å². The van der Waals surface area contributed by atoms with Crippen molar-refractivity contribution in [3.8, 4) is 0 Å². The number of unbranched alkanes of at least 4 members (excludes halogenated alkanes) is 2. The van der Waals surface area contributed by atoms with Crippen molar-refractivity contribution in [2.45, 2.75) is 46.1 Å². The molecule has 0 aliphatic carbocycles. The van der Waals surface area contributed by atoms with Gasteiger partial charge in [-0.3, -0.25) is 4.79 Å². The summed E-state index contributed by atoms with van der Waals surface area (Å²) in [6, 6.07) is 8.08. The zero-order valence-corrected chi connectivity index (χ0v) is 12.6. The first-order valence-electron chi connectivity index (χ1n) is 7.52. The fourth-order valence-corrected chi connectivity index (χ4v) is 2.55. The fraction of sp³-hybridized carbons (Fsp3) is 0.471. The monoisotopic (exact) mass is 272 g/mol. The number of rotatable bonds is 6. The molecule has 1 N–H and O–H groups in total. The van der Waals surface area contributed by atoms with Crippen LogP contribution in [0.5, 0.6) is 0 Å². The minimum atomic E-state index is 0.140. The highest BCUT2D eigenvalue weighted by atomic mass is 16.2. The highest BCUT2D eigenvalue weighted by Gasteiger charge is 2.20. The number of benzene rings is 1. The summed E-state index contributed by atoms with van der Waals surface area (Å²) in [6.45, 7) is 7.19. The van der Waals surface area contributed by atoms with Crippen LogP contribution >= 0.6 is 0 Å². The molecule has 108 valence electrons. The second-order valence-electron chi connectivity index (χ2n) is 5.54.